The van der Waals surface area contributed by atoms with Gasteiger partial charge in [-0.3, -0.25) is 4.68 Å². The Labute approximate surface area is 142 Å². The molecule has 1 aromatic heterocycles. The van der Waals surface area contributed by atoms with Crippen LogP contribution in [0, 0.1) is 5.92 Å². The number of aromatic nitrogens is 2. The lowest BCUT2D eigenvalue weighted by Crippen LogP contribution is -2.20. The largest absolute Gasteiger partial charge is 0.381 e. The molecular weight excluding hydrogens is 296 g/mol. The molecule has 1 aliphatic heterocycles. The van der Waals surface area contributed by atoms with Crippen LogP contribution in [0.25, 0.3) is 22.4 Å². The molecule has 0 bridgehead atoms. The molecule has 0 spiro atoms. The van der Waals surface area contributed by atoms with Gasteiger partial charge in [-0.15, -0.1) is 0 Å². The van der Waals surface area contributed by atoms with Crippen LogP contribution in [0.4, 0.5) is 0 Å². The summed E-state index contributed by atoms with van der Waals surface area (Å²) in [5.74, 6) is 0.683. The molecule has 122 valence electrons. The van der Waals surface area contributed by atoms with Crippen molar-refractivity contribution in [3.63, 3.8) is 0 Å². The number of ether oxygens (including phenoxy) is 1. The van der Waals surface area contributed by atoms with Crippen molar-refractivity contribution in [2.75, 3.05) is 13.2 Å². The molecule has 24 heavy (non-hydrogen) atoms. The smallest absolute Gasteiger partial charge is 0.0923 e. The average Bonchev–Trinajstić information content (AvgIpc) is 3.12. The fourth-order valence-corrected chi connectivity index (χ4v) is 3.30. The molecular formula is C21H22N2O. The topological polar surface area (TPSA) is 27.1 Å². The molecule has 1 fully saturated rings. The van der Waals surface area contributed by atoms with Gasteiger partial charge in [-0.05, 0) is 42.0 Å². The number of rotatable bonds is 4. The van der Waals surface area contributed by atoms with Crippen molar-refractivity contribution in [3.8, 4) is 22.4 Å². The second-order valence-corrected chi connectivity index (χ2v) is 6.43. The SMILES string of the molecule is c1ccc(-c2cccc(-c3ccn(CC4CCOCC4)n3)c2)cc1. The van der Waals surface area contributed by atoms with Gasteiger partial charge in [-0.1, -0.05) is 48.5 Å². The standard InChI is InChI=1S/C21H22N2O/c1-2-5-18(6-3-1)19-7-4-8-20(15-19)21-9-12-23(22-21)16-17-10-13-24-14-11-17/h1-9,12,15,17H,10-11,13-14,16H2. The molecule has 0 atom stereocenters. The van der Waals surface area contributed by atoms with Crippen LogP contribution in [0.3, 0.4) is 0 Å². The first-order valence-electron chi connectivity index (χ1n) is 8.65. The molecule has 2 heterocycles. The number of hydrogen-bond donors (Lipinski definition) is 0. The van der Waals surface area contributed by atoms with E-state index in [0.717, 1.165) is 38.3 Å². The van der Waals surface area contributed by atoms with Gasteiger partial charge < -0.3 is 4.74 Å². The van der Waals surface area contributed by atoms with Crippen LogP contribution >= 0.6 is 0 Å². The lowest BCUT2D eigenvalue weighted by atomic mass is 10.0. The molecule has 0 amide bonds. The van der Waals surface area contributed by atoms with Crippen LogP contribution in [-0.4, -0.2) is 23.0 Å². The minimum Gasteiger partial charge on any atom is -0.381 e. The zero-order valence-corrected chi connectivity index (χ0v) is 13.8. The van der Waals surface area contributed by atoms with E-state index in [4.69, 9.17) is 9.84 Å². The Balaban J connectivity index is 1.54. The molecule has 1 aliphatic rings. The highest BCUT2D eigenvalue weighted by atomic mass is 16.5. The molecule has 3 nitrogen and oxygen atoms in total. The lowest BCUT2D eigenvalue weighted by Gasteiger charge is -2.21. The van der Waals surface area contributed by atoms with Gasteiger partial charge in [0.25, 0.3) is 0 Å². The highest BCUT2D eigenvalue weighted by Gasteiger charge is 2.15. The first kappa shape index (κ1) is 15.2. The molecule has 0 radical (unpaired) electrons. The van der Waals surface area contributed by atoms with Crippen LogP contribution < -0.4 is 0 Å². The summed E-state index contributed by atoms with van der Waals surface area (Å²) in [5.41, 5.74) is 4.68. The van der Waals surface area contributed by atoms with Crippen LogP contribution in [0.5, 0.6) is 0 Å². The lowest BCUT2D eigenvalue weighted by molar-refractivity contribution is 0.0602. The maximum absolute atomic E-state index is 5.44. The van der Waals surface area contributed by atoms with Gasteiger partial charge in [0, 0.05) is 31.5 Å². The summed E-state index contributed by atoms with van der Waals surface area (Å²) >= 11 is 0. The second kappa shape index (κ2) is 7.02. The van der Waals surface area contributed by atoms with E-state index in [0.29, 0.717) is 5.92 Å². The third-order valence-corrected chi connectivity index (χ3v) is 4.69. The maximum atomic E-state index is 5.44. The average molecular weight is 318 g/mol. The quantitative estimate of drug-likeness (QED) is 0.700. The number of nitrogens with zero attached hydrogens (tertiary/aromatic N) is 2. The summed E-state index contributed by atoms with van der Waals surface area (Å²) in [4.78, 5) is 0. The Hall–Kier alpha value is -2.39. The van der Waals surface area contributed by atoms with E-state index in [1.165, 1.54) is 16.7 Å². The van der Waals surface area contributed by atoms with Gasteiger partial charge in [0.05, 0.1) is 5.69 Å². The van der Waals surface area contributed by atoms with Gasteiger partial charge in [-0.2, -0.15) is 5.10 Å². The fourth-order valence-electron chi connectivity index (χ4n) is 3.30. The van der Waals surface area contributed by atoms with Crippen LogP contribution in [0.15, 0.2) is 66.9 Å². The molecule has 3 heteroatoms. The third-order valence-electron chi connectivity index (χ3n) is 4.69. The van der Waals surface area contributed by atoms with Crippen molar-refractivity contribution in [1.82, 2.24) is 9.78 Å². The van der Waals surface area contributed by atoms with Gasteiger partial charge in [0.15, 0.2) is 0 Å². The Bertz CT molecular complexity index is 788. The van der Waals surface area contributed by atoms with Crippen LogP contribution in [0.1, 0.15) is 12.8 Å². The van der Waals surface area contributed by atoms with Crippen LogP contribution in [-0.2, 0) is 11.3 Å². The zero-order valence-electron chi connectivity index (χ0n) is 13.8. The minimum atomic E-state index is 0.683. The van der Waals surface area contributed by atoms with Crippen molar-refractivity contribution in [2.24, 2.45) is 5.92 Å². The Morgan fingerprint density at radius 2 is 1.62 bits per heavy atom. The summed E-state index contributed by atoms with van der Waals surface area (Å²) in [6, 6.07) is 21.2. The molecule has 0 N–H and O–H groups in total. The molecule has 1 saturated heterocycles. The summed E-state index contributed by atoms with van der Waals surface area (Å²) in [6.45, 7) is 2.76. The Kier molecular flexibility index (Phi) is 4.43. The zero-order chi connectivity index (χ0) is 16.2. The Morgan fingerprint density at radius 3 is 2.46 bits per heavy atom. The van der Waals surface area contributed by atoms with Crippen molar-refractivity contribution in [1.29, 1.82) is 0 Å². The Morgan fingerprint density at radius 1 is 0.875 bits per heavy atom. The van der Waals surface area contributed by atoms with E-state index in [1.807, 2.05) is 6.07 Å². The number of hydrogen-bond acceptors (Lipinski definition) is 2. The molecule has 3 aromatic rings. The highest BCUT2D eigenvalue weighted by Crippen LogP contribution is 2.25. The van der Waals surface area contributed by atoms with Gasteiger partial charge in [0.1, 0.15) is 0 Å². The number of benzene rings is 2. The molecule has 0 saturated carbocycles. The monoisotopic (exact) mass is 318 g/mol. The minimum absolute atomic E-state index is 0.683. The molecule has 0 unspecified atom stereocenters. The predicted molar refractivity (Wildman–Crippen MR) is 96.6 cm³/mol. The van der Waals surface area contributed by atoms with E-state index in [-0.39, 0.29) is 0 Å². The van der Waals surface area contributed by atoms with E-state index in [1.54, 1.807) is 0 Å². The maximum Gasteiger partial charge on any atom is 0.0923 e. The molecule has 4 rings (SSSR count). The van der Waals surface area contributed by atoms with E-state index in [9.17, 15) is 0 Å². The summed E-state index contributed by atoms with van der Waals surface area (Å²) in [5, 5.41) is 4.79. The second-order valence-electron chi connectivity index (χ2n) is 6.43. The van der Waals surface area contributed by atoms with E-state index >= 15 is 0 Å². The summed E-state index contributed by atoms with van der Waals surface area (Å²) in [6.07, 6.45) is 4.37. The normalized spacial score (nSPS) is 15.5. The van der Waals surface area contributed by atoms with Crippen LogP contribution in [0.2, 0.25) is 0 Å². The van der Waals surface area contributed by atoms with E-state index in [2.05, 4.69) is 65.5 Å². The highest BCUT2D eigenvalue weighted by molar-refractivity contribution is 5.71. The van der Waals surface area contributed by atoms with Gasteiger partial charge in [-0.25, -0.2) is 0 Å². The van der Waals surface area contributed by atoms with E-state index < -0.39 is 0 Å². The van der Waals surface area contributed by atoms with Crippen molar-refractivity contribution < 1.29 is 4.74 Å². The molecule has 0 aliphatic carbocycles. The van der Waals surface area contributed by atoms with Crippen molar-refractivity contribution >= 4 is 0 Å². The van der Waals surface area contributed by atoms with Crippen molar-refractivity contribution in [2.45, 2.75) is 19.4 Å². The summed E-state index contributed by atoms with van der Waals surface area (Å²) in [7, 11) is 0. The predicted octanol–water partition coefficient (Wildman–Crippen LogP) is 4.64. The molecule has 2 aromatic carbocycles. The first-order chi connectivity index (χ1) is 11.9. The van der Waals surface area contributed by atoms with Crippen molar-refractivity contribution in [3.05, 3.63) is 66.9 Å². The van der Waals surface area contributed by atoms with Gasteiger partial charge in [0.2, 0.25) is 0 Å². The first-order valence-corrected chi connectivity index (χ1v) is 8.65. The third kappa shape index (κ3) is 3.41. The van der Waals surface area contributed by atoms with Gasteiger partial charge >= 0.3 is 0 Å². The summed E-state index contributed by atoms with van der Waals surface area (Å²) < 4.78 is 7.52. The fraction of sp³-hybridized carbons (Fsp3) is 0.286.